The van der Waals surface area contributed by atoms with E-state index in [-0.39, 0.29) is 6.04 Å². The van der Waals surface area contributed by atoms with Crippen molar-refractivity contribution >= 4 is 15.9 Å². The Balaban J connectivity index is 2.39. The van der Waals surface area contributed by atoms with Gasteiger partial charge in [-0.3, -0.25) is 11.3 Å². The van der Waals surface area contributed by atoms with Gasteiger partial charge in [-0.2, -0.15) is 0 Å². The third kappa shape index (κ3) is 2.86. The molecule has 5 nitrogen and oxygen atoms in total. The van der Waals surface area contributed by atoms with Gasteiger partial charge in [-0.15, -0.1) is 0 Å². The summed E-state index contributed by atoms with van der Waals surface area (Å²) in [6.45, 7) is 1.49. The van der Waals surface area contributed by atoms with Gasteiger partial charge in [-0.25, -0.2) is 0 Å². The fraction of sp³-hybridized carbons (Fsp3) is 0.538. The van der Waals surface area contributed by atoms with E-state index in [4.69, 9.17) is 20.1 Å². The van der Waals surface area contributed by atoms with Crippen molar-refractivity contribution in [1.82, 2.24) is 5.43 Å². The number of rotatable bonds is 5. The summed E-state index contributed by atoms with van der Waals surface area (Å²) in [6.07, 6.45) is 0.988. The highest BCUT2D eigenvalue weighted by Crippen LogP contribution is 2.42. The lowest BCUT2D eigenvalue weighted by molar-refractivity contribution is 0.176. The Hall–Kier alpha value is -0.820. The number of hydrazine groups is 1. The van der Waals surface area contributed by atoms with Crippen LogP contribution in [0.15, 0.2) is 16.6 Å². The van der Waals surface area contributed by atoms with Crippen molar-refractivity contribution in [1.29, 1.82) is 0 Å². The van der Waals surface area contributed by atoms with E-state index in [1.165, 1.54) is 0 Å². The molecule has 2 atom stereocenters. The second-order valence-electron chi connectivity index (χ2n) is 4.47. The molecule has 3 N–H and O–H groups in total. The van der Waals surface area contributed by atoms with Crippen molar-refractivity contribution in [3.8, 4) is 11.5 Å². The van der Waals surface area contributed by atoms with Crippen molar-refractivity contribution in [2.45, 2.75) is 12.5 Å². The average Bonchev–Trinajstić information content (AvgIpc) is 2.94. The van der Waals surface area contributed by atoms with Crippen LogP contribution in [0, 0.1) is 5.92 Å². The molecule has 0 saturated carbocycles. The Morgan fingerprint density at radius 3 is 2.74 bits per heavy atom. The van der Waals surface area contributed by atoms with Crippen molar-refractivity contribution < 1.29 is 14.2 Å². The van der Waals surface area contributed by atoms with Gasteiger partial charge in [-0.1, -0.05) is 0 Å². The first-order chi connectivity index (χ1) is 9.22. The molecule has 1 aromatic rings. The first-order valence-corrected chi connectivity index (χ1v) is 6.96. The summed E-state index contributed by atoms with van der Waals surface area (Å²) in [4.78, 5) is 0. The highest BCUT2D eigenvalue weighted by Gasteiger charge is 2.29. The molecule has 0 bridgehead atoms. The average molecular weight is 331 g/mol. The molecule has 1 aliphatic rings. The predicted octanol–water partition coefficient (Wildman–Crippen LogP) is 2.01. The summed E-state index contributed by atoms with van der Waals surface area (Å²) in [6, 6.07) is 3.88. The molecule has 1 aliphatic heterocycles. The van der Waals surface area contributed by atoms with E-state index in [0.29, 0.717) is 12.5 Å². The van der Waals surface area contributed by atoms with Gasteiger partial charge in [0.15, 0.2) is 0 Å². The van der Waals surface area contributed by atoms with E-state index in [0.717, 1.165) is 34.6 Å². The summed E-state index contributed by atoms with van der Waals surface area (Å²) in [5.41, 5.74) is 3.89. The molecule has 0 aromatic heterocycles. The van der Waals surface area contributed by atoms with E-state index in [9.17, 15) is 0 Å². The van der Waals surface area contributed by atoms with Crippen LogP contribution in [0.3, 0.4) is 0 Å². The Morgan fingerprint density at radius 2 is 2.21 bits per heavy atom. The Labute approximate surface area is 121 Å². The number of hydrogen-bond acceptors (Lipinski definition) is 5. The molecule has 2 unspecified atom stereocenters. The lowest BCUT2D eigenvalue weighted by atomic mass is 9.92. The molecular weight excluding hydrogens is 312 g/mol. The van der Waals surface area contributed by atoms with Crippen LogP contribution >= 0.6 is 15.9 Å². The smallest absolute Gasteiger partial charge is 0.141 e. The van der Waals surface area contributed by atoms with Crippen molar-refractivity contribution in [2.24, 2.45) is 11.8 Å². The third-order valence-electron chi connectivity index (χ3n) is 3.47. The lowest BCUT2D eigenvalue weighted by Crippen LogP contribution is -2.34. The SMILES string of the molecule is COc1ccc(C(NN)C2CCOC2)c(OC)c1Br. The van der Waals surface area contributed by atoms with Gasteiger partial charge in [0.2, 0.25) is 0 Å². The van der Waals surface area contributed by atoms with Gasteiger partial charge in [-0.05, 0) is 34.5 Å². The van der Waals surface area contributed by atoms with Gasteiger partial charge < -0.3 is 14.2 Å². The van der Waals surface area contributed by atoms with Crippen LogP contribution in [-0.4, -0.2) is 27.4 Å². The third-order valence-corrected chi connectivity index (χ3v) is 4.22. The number of methoxy groups -OCH3 is 2. The lowest BCUT2D eigenvalue weighted by Gasteiger charge is -2.25. The monoisotopic (exact) mass is 330 g/mol. The van der Waals surface area contributed by atoms with Gasteiger partial charge in [0, 0.05) is 18.1 Å². The molecule has 19 heavy (non-hydrogen) atoms. The summed E-state index contributed by atoms with van der Waals surface area (Å²) < 4.78 is 17.0. The quantitative estimate of drug-likeness (QED) is 0.638. The van der Waals surface area contributed by atoms with Gasteiger partial charge in [0.05, 0.1) is 26.9 Å². The van der Waals surface area contributed by atoms with E-state index < -0.39 is 0 Å². The number of hydrogen-bond donors (Lipinski definition) is 2. The molecule has 1 saturated heterocycles. The van der Waals surface area contributed by atoms with Gasteiger partial charge in [0.25, 0.3) is 0 Å². The minimum atomic E-state index is -0.000318. The highest BCUT2D eigenvalue weighted by atomic mass is 79.9. The summed E-state index contributed by atoms with van der Waals surface area (Å²) in [7, 11) is 3.27. The summed E-state index contributed by atoms with van der Waals surface area (Å²) >= 11 is 3.51. The molecule has 0 aliphatic carbocycles. The molecule has 6 heteroatoms. The zero-order valence-corrected chi connectivity index (χ0v) is 12.7. The maximum Gasteiger partial charge on any atom is 0.141 e. The fourth-order valence-corrected chi connectivity index (χ4v) is 3.14. The van der Waals surface area contributed by atoms with Crippen molar-refractivity contribution in [2.75, 3.05) is 27.4 Å². The Kier molecular flexibility index (Phi) is 5.04. The minimum Gasteiger partial charge on any atom is -0.495 e. The normalized spacial score (nSPS) is 20.3. The standard InChI is InChI=1S/C13H19BrN2O3/c1-17-10-4-3-9(13(18-2)11(10)14)12(16-15)8-5-6-19-7-8/h3-4,8,12,16H,5-7,15H2,1-2H3. The predicted molar refractivity (Wildman–Crippen MR) is 76.2 cm³/mol. The molecule has 0 radical (unpaired) electrons. The van der Waals surface area contributed by atoms with Crippen LogP contribution in [0.4, 0.5) is 0 Å². The number of ether oxygens (including phenoxy) is 3. The van der Waals surface area contributed by atoms with Crippen molar-refractivity contribution in [3.05, 3.63) is 22.2 Å². The zero-order valence-electron chi connectivity index (χ0n) is 11.1. The fourth-order valence-electron chi connectivity index (χ4n) is 2.46. The van der Waals surface area contributed by atoms with E-state index in [2.05, 4.69) is 21.4 Å². The largest absolute Gasteiger partial charge is 0.495 e. The molecule has 2 rings (SSSR count). The Bertz CT molecular complexity index is 436. The molecule has 0 spiro atoms. The maximum atomic E-state index is 5.72. The first kappa shape index (κ1) is 14.6. The molecule has 1 fully saturated rings. The zero-order chi connectivity index (χ0) is 13.8. The number of nitrogens with two attached hydrogens (primary N) is 1. The Morgan fingerprint density at radius 1 is 1.42 bits per heavy atom. The molecule has 1 aromatic carbocycles. The molecule has 1 heterocycles. The van der Waals surface area contributed by atoms with Crippen LogP contribution < -0.4 is 20.7 Å². The second kappa shape index (κ2) is 6.56. The van der Waals surface area contributed by atoms with Crippen molar-refractivity contribution in [3.63, 3.8) is 0 Å². The van der Waals surface area contributed by atoms with Crippen LogP contribution in [0.1, 0.15) is 18.0 Å². The van der Waals surface area contributed by atoms with E-state index in [1.807, 2.05) is 12.1 Å². The van der Waals surface area contributed by atoms with E-state index >= 15 is 0 Å². The van der Waals surface area contributed by atoms with Gasteiger partial charge >= 0.3 is 0 Å². The van der Waals surface area contributed by atoms with Crippen LogP contribution in [0.25, 0.3) is 0 Å². The minimum absolute atomic E-state index is 0.000318. The van der Waals surface area contributed by atoms with Crippen LogP contribution in [0.5, 0.6) is 11.5 Å². The molecular formula is C13H19BrN2O3. The van der Waals surface area contributed by atoms with Crippen LogP contribution in [-0.2, 0) is 4.74 Å². The van der Waals surface area contributed by atoms with E-state index in [1.54, 1.807) is 14.2 Å². The summed E-state index contributed by atoms with van der Waals surface area (Å²) in [5, 5.41) is 0. The maximum absolute atomic E-state index is 5.72. The first-order valence-electron chi connectivity index (χ1n) is 6.17. The molecule has 0 amide bonds. The van der Waals surface area contributed by atoms with Crippen LogP contribution in [0.2, 0.25) is 0 Å². The molecule has 106 valence electrons. The summed E-state index contributed by atoms with van der Waals surface area (Å²) in [5.74, 6) is 7.55. The second-order valence-corrected chi connectivity index (χ2v) is 5.27. The highest BCUT2D eigenvalue weighted by molar-refractivity contribution is 9.10. The topological polar surface area (TPSA) is 65.7 Å². The number of halogens is 1. The number of benzene rings is 1. The van der Waals surface area contributed by atoms with Gasteiger partial charge in [0.1, 0.15) is 16.0 Å². The number of nitrogens with one attached hydrogen (secondary N) is 1.